The van der Waals surface area contributed by atoms with Gasteiger partial charge in [0.05, 0.1) is 10.7 Å². The molecule has 2 heterocycles. The molecule has 0 aliphatic rings. The maximum atomic E-state index is 13.2. The standard InChI is InChI=1S/C11H10F3N3S/c1-6-16-7(5-18-6)2-3-15-11-9(13)4-8(12)10(14)17-11/h4-5H,2-3H2,1H3,(H,15,17). The molecule has 0 spiro atoms. The molecule has 0 bridgehead atoms. The van der Waals surface area contributed by atoms with Gasteiger partial charge < -0.3 is 5.32 Å². The minimum absolute atomic E-state index is 0.291. The Hall–Kier alpha value is -1.63. The van der Waals surface area contributed by atoms with Crippen molar-refractivity contribution in [2.24, 2.45) is 0 Å². The van der Waals surface area contributed by atoms with Gasteiger partial charge in [-0.15, -0.1) is 11.3 Å². The second-order valence-corrected chi connectivity index (χ2v) is 4.69. The van der Waals surface area contributed by atoms with E-state index in [9.17, 15) is 13.2 Å². The number of aryl methyl sites for hydroxylation is 1. The topological polar surface area (TPSA) is 37.8 Å². The Morgan fingerprint density at radius 1 is 1.22 bits per heavy atom. The average molecular weight is 273 g/mol. The molecule has 0 aliphatic heterocycles. The first-order valence-corrected chi connectivity index (χ1v) is 6.10. The fourth-order valence-electron chi connectivity index (χ4n) is 1.40. The molecule has 1 N–H and O–H groups in total. The fourth-order valence-corrected chi connectivity index (χ4v) is 2.05. The lowest BCUT2D eigenvalue weighted by atomic mass is 10.3. The van der Waals surface area contributed by atoms with Crippen LogP contribution >= 0.6 is 11.3 Å². The normalized spacial score (nSPS) is 10.7. The molecule has 2 aromatic heterocycles. The van der Waals surface area contributed by atoms with Crippen LogP contribution in [0.4, 0.5) is 19.0 Å². The first kappa shape index (κ1) is 12.8. The Bertz CT molecular complexity index is 556. The molecule has 0 radical (unpaired) electrons. The van der Waals surface area contributed by atoms with Crippen molar-refractivity contribution in [1.29, 1.82) is 0 Å². The Balaban J connectivity index is 1.96. The highest BCUT2D eigenvalue weighted by atomic mass is 32.1. The molecule has 0 aromatic carbocycles. The quantitative estimate of drug-likeness (QED) is 0.870. The van der Waals surface area contributed by atoms with Crippen molar-refractivity contribution in [3.05, 3.63) is 39.7 Å². The van der Waals surface area contributed by atoms with Crippen molar-refractivity contribution >= 4 is 17.2 Å². The van der Waals surface area contributed by atoms with Gasteiger partial charge in [0.15, 0.2) is 17.5 Å². The van der Waals surface area contributed by atoms with Gasteiger partial charge in [0, 0.05) is 24.4 Å². The van der Waals surface area contributed by atoms with Crippen LogP contribution in [0.25, 0.3) is 0 Å². The molecule has 3 nitrogen and oxygen atoms in total. The molecule has 0 unspecified atom stereocenters. The Morgan fingerprint density at radius 2 is 2.00 bits per heavy atom. The summed E-state index contributed by atoms with van der Waals surface area (Å²) < 4.78 is 38.7. The third kappa shape index (κ3) is 2.98. The van der Waals surface area contributed by atoms with Crippen LogP contribution < -0.4 is 5.32 Å². The number of thiazole rings is 1. The van der Waals surface area contributed by atoms with Gasteiger partial charge in [0.25, 0.3) is 5.95 Å². The number of rotatable bonds is 4. The molecule has 2 rings (SSSR count). The van der Waals surface area contributed by atoms with Crippen LogP contribution in [-0.4, -0.2) is 16.5 Å². The van der Waals surface area contributed by atoms with Gasteiger partial charge in [-0.05, 0) is 6.92 Å². The minimum atomic E-state index is -1.32. The van der Waals surface area contributed by atoms with Gasteiger partial charge in [-0.25, -0.2) is 13.8 Å². The van der Waals surface area contributed by atoms with Crippen LogP contribution in [0.2, 0.25) is 0 Å². The smallest absolute Gasteiger partial charge is 0.251 e. The number of nitrogens with zero attached hydrogens (tertiary/aromatic N) is 2. The third-order valence-corrected chi connectivity index (χ3v) is 3.05. The van der Waals surface area contributed by atoms with Gasteiger partial charge in [-0.2, -0.15) is 9.37 Å². The maximum absolute atomic E-state index is 13.2. The van der Waals surface area contributed by atoms with Crippen molar-refractivity contribution < 1.29 is 13.2 Å². The van der Waals surface area contributed by atoms with Gasteiger partial charge in [0.2, 0.25) is 0 Å². The summed E-state index contributed by atoms with van der Waals surface area (Å²) in [6, 6.07) is 0.470. The molecule has 0 saturated carbocycles. The molecule has 0 saturated heterocycles. The van der Waals surface area contributed by atoms with Crippen molar-refractivity contribution in [2.75, 3.05) is 11.9 Å². The van der Waals surface area contributed by atoms with E-state index in [1.165, 1.54) is 11.3 Å². The molecule has 0 amide bonds. The summed E-state index contributed by atoms with van der Waals surface area (Å²) >= 11 is 1.52. The van der Waals surface area contributed by atoms with Crippen LogP contribution in [0.1, 0.15) is 10.7 Å². The molecule has 2 aromatic rings. The number of nitrogens with one attached hydrogen (secondary N) is 1. The van der Waals surface area contributed by atoms with E-state index in [1.54, 1.807) is 0 Å². The maximum Gasteiger partial charge on any atom is 0.251 e. The molecule has 96 valence electrons. The van der Waals surface area contributed by atoms with Crippen molar-refractivity contribution in [3.63, 3.8) is 0 Å². The van der Waals surface area contributed by atoms with Crippen LogP contribution in [0, 0.1) is 24.5 Å². The average Bonchev–Trinajstić information content (AvgIpc) is 2.71. The first-order valence-electron chi connectivity index (χ1n) is 5.22. The van der Waals surface area contributed by atoms with Crippen LogP contribution in [0.5, 0.6) is 0 Å². The molecule has 0 fully saturated rings. The zero-order chi connectivity index (χ0) is 13.1. The van der Waals surface area contributed by atoms with E-state index in [0.29, 0.717) is 19.0 Å². The number of hydrogen-bond donors (Lipinski definition) is 1. The third-order valence-electron chi connectivity index (χ3n) is 2.23. The zero-order valence-corrected chi connectivity index (χ0v) is 10.3. The lowest BCUT2D eigenvalue weighted by Gasteiger charge is -2.05. The molecule has 0 atom stereocenters. The van der Waals surface area contributed by atoms with E-state index in [1.807, 2.05) is 12.3 Å². The van der Waals surface area contributed by atoms with Crippen LogP contribution in [0.3, 0.4) is 0 Å². The minimum Gasteiger partial charge on any atom is -0.367 e. The predicted octanol–water partition coefficient (Wildman–Crippen LogP) is 2.92. The van der Waals surface area contributed by atoms with E-state index < -0.39 is 17.6 Å². The zero-order valence-electron chi connectivity index (χ0n) is 9.51. The van der Waals surface area contributed by atoms with Gasteiger partial charge in [-0.1, -0.05) is 0 Å². The van der Waals surface area contributed by atoms with Crippen LogP contribution in [0.15, 0.2) is 11.4 Å². The Kier molecular flexibility index (Phi) is 3.81. The summed E-state index contributed by atoms with van der Waals surface area (Å²) in [4.78, 5) is 7.39. The lowest BCUT2D eigenvalue weighted by Crippen LogP contribution is -2.09. The van der Waals surface area contributed by atoms with E-state index in [0.717, 1.165) is 10.7 Å². The Labute approximate surface area is 106 Å². The predicted molar refractivity (Wildman–Crippen MR) is 63.2 cm³/mol. The van der Waals surface area contributed by atoms with E-state index in [-0.39, 0.29) is 5.82 Å². The molecule has 0 aliphatic carbocycles. The number of hydrogen-bond acceptors (Lipinski definition) is 4. The highest BCUT2D eigenvalue weighted by molar-refractivity contribution is 7.09. The number of pyridine rings is 1. The van der Waals surface area contributed by atoms with Crippen molar-refractivity contribution in [1.82, 2.24) is 9.97 Å². The summed E-state index contributed by atoms with van der Waals surface area (Å²) in [5.41, 5.74) is 0.869. The van der Waals surface area contributed by atoms with Gasteiger partial charge in [-0.3, -0.25) is 0 Å². The number of anilines is 1. The van der Waals surface area contributed by atoms with E-state index >= 15 is 0 Å². The molecular weight excluding hydrogens is 263 g/mol. The van der Waals surface area contributed by atoms with Crippen LogP contribution in [-0.2, 0) is 6.42 Å². The van der Waals surface area contributed by atoms with E-state index in [2.05, 4.69) is 15.3 Å². The number of aromatic nitrogens is 2. The second-order valence-electron chi connectivity index (χ2n) is 3.63. The highest BCUT2D eigenvalue weighted by Gasteiger charge is 2.11. The van der Waals surface area contributed by atoms with Gasteiger partial charge >= 0.3 is 0 Å². The number of halogens is 3. The lowest BCUT2D eigenvalue weighted by molar-refractivity contribution is 0.466. The first-order chi connectivity index (χ1) is 8.56. The second kappa shape index (κ2) is 5.34. The summed E-state index contributed by atoms with van der Waals surface area (Å²) in [5.74, 6) is -3.82. The Morgan fingerprint density at radius 3 is 2.67 bits per heavy atom. The molecule has 7 heteroatoms. The molecule has 18 heavy (non-hydrogen) atoms. The summed E-state index contributed by atoms with van der Waals surface area (Å²) in [6.07, 6.45) is 0.560. The van der Waals surface area contributed by atoms with Crippen molar-refractivity contribution in [3.8, 4) is 0 Å². The summed E-state index contributed by atoms with van der Waals surface area (Å²) in [6.45, 7) is 2.23. The van der Waals surface area contributed by atoms with Gasteiger partial charge in [0.1, 0.15) is 0 Å². The highest BCUT2D eigenvalue weighted by Crippen LogP contribution is 2.14. The van der Waals surface area contributed by atoms with Crippen molar-refractivity contribution in [2.45, 2.75) is 13.3 Å². The largest absolute Gasteiger partial charge is 0.367 e. The summed E-state index contributed by atoms with van der Waals surface area (Å²) in [5, 5.41) is 5.45. The summed E-state index contributed by atoms with van der Waals surface area (Å²) in [7, 11) is 0. The fraction of sp³-hybridized carbons (Fsp3) is 0.273. The van der Waals surface area contributed by atoms with E-state index in [4.69, 9.17) is 0 Å². The monoisotopic (exact) mass is 273 g/mol. The molecular formula is C11H10F3N3S. The SMILES string of the molecule is Cc1nc(CCNc2nc(F)c(F)cc2F)cs1.